The molecule has 1 aliphatic carbocycles. The average Bonchev–Trinajstić information content (AvgIpc) is 2.94. The molecule has 1 aliphatic heterocycles. The van der Waals surface area contributed by atoms with Gasteiger partial charge in [-0.1, -0.05) is 0 Å². The Kier molecular flexibility index (Phi) is 3.38. The van der Waals surface area contributed by atoms with Crippen molar-refractivity contribution in [1.82, 2.24) is 9.88 Å². The smallest absolute Gasteiger partial charge is 0.256 e. The largest absolute Gasteiger partial charge is 0.386 e. The number of rotatable bonds is 2. The predicted molar refractivity (Wildman–Crippen MR) is 72.2 cm³/mol. The van der Waals surface area contributed by atoms with Gasteiger partial charge in [-0.15, -0.1) is 0 Å². The van der Waals surface area contributed by atoms with E-state index in [1.54, 1.807) is 18.5 Å². The van der Waals surface area contributed by atoms with Crippen LogP contribution in [-0.4, -0.2) is 48.1 Å². The molecule has 19 heavy (non-hydrogen) atoms. The average molecular weight is 261 g/mol. The highest BCUT2D eigenvalue weighted by atomic mass is 16.5. The van der Waals surface area contributed by atoms with Gasteiger partial charge in [-0.05, 0) is 25.3 Å². The molecule has 5 nitrogen and oxygen atoms in total. The minimum Gasteiger partial charge on any atom is -0.386 e. The summed E-state index contributed by atoms with van der Waals surface area (Å²) in [6.07, 6.45) is 6.87. The number of nitrogens with zero attached hydrogens (tertiary/aromatic N) is 2. The molecule has 2 unspecified atom stereocenters. The first-order valence-electron chi connectivity index (χ1n) is 6.85. The van der Waals surface area contributed by atoms with Crippen molar-refractivity contribution in [3.05, 3.63) is 24.0 Å². The highest BCUT2D eigenvalue weighted by Crippen LogP contribution is 2.31. The normalized spacial score (nSPS) is 26.1. The van der Waals surface area contributed by atoms with Crippen molar-refractivity contribution < 1.29 is 9.53 Å². The van der Waals surface area contributed by atoms with E-state index in [4.69, 9.17) is 4.74 Å². The summed E-state index contributed by atoms with van der Waals surface area (Å²) in [5, 5.41) is 3.03. The molecule has 102 valence electrons. The van der Waals surface area contributed by atoms with E-state index >= 15 is 0 Å². The first-order chi connectivity index (χ1) is 9.31. The zero-order valence-corrected chi connectivity index (χ0v) is 11.1. The maximum Gasteiger partial charge on any atom is 0.256 e. The van der Waals surface area contributed by atoms with Gasteiger partial charge >= 0.3 is 0 Å². The van der Waals surface area contributed by atoms with E-state index in [0.717, 1.165) is 24.9 Å². The number of carbonyl (C=O) groups excluding carboxylic acids is 1. The summed E-state index contributed by atoms with van der Waals surface area (Å²) < 4.78 is 5.75. The van der Waals surface area contributed by atoms with Crippen LogP contribution in [0.3, 0.4) is 0 Å². The summed E-state index contributed by atoms with van der Waals surface area (Å²) in [6.45, 7) is 1.33. The first-order valence-corrected chi connectivity index (χ1v) is 6.85. The van der Waals surface area contributed by atoms with Gasteiger partial charge in [0.05, 0.1) is 36.2 Å². The fourth-order valence-electron chi connectivity index (χ4n) is 3.11. The summed E-state index contributed by atoms with van der Waals surface area (Å²) in [5.74, 6) is 0.0898. The number of anilines is 1. The number of morpholine rings is 1. The molecule has 3 rings (SSSR count). The molecule has 5 heteroatoms. The van der Waals surface area contributed by atoms with E-state index in [-0.39, 0.29) is 18.1 Å². The highest BCUT2D eigenvalue weighted by molar-refractivity contribution is 5.99. The quantitative estimate of drug-likeness (QED) is 0.877. The first kappa shape index (κ1) is 12.4. The van der Waals surface area contributed by atoms with E-state index in [0.29, 0.717) is 18.7 Å². The van der Waals surface area contributed by atoms with Crippen molar-refractivity contribution in [2.24, 2.45) is 0 Å². The van der Waals surface area contributed by atoms with E-state index < -0.39 is 0 Å². The van der Waals surface area contributed by atoms with Crippen molar-refractivity contribution in [1.29, 1.82) is 0 Å². The predicted octanol–water partition coefficient (Wildman–Crippen LogP) is 1.52. The van der Waals surface area contributed by atoms with Gasteiger partial charge in [-0.3, -0.25) is 9.78 Å². The monoisotopic (exact) mass is 261 g/mol. The van der Waals surface area contributed by atoms with Crippen molar-refractivity contribution >= 4 is 11.6 Å². The molecule has 1 saturated heterocycles. The number of aromatic nitrogens is 1. The molecule has 0 bridgehead atoms. The van der Waals surface area contributed by atoms with Crippen molar-refractivity contribution in [3.8, 4) is 0 Å². The minimum atomic E-state index is 0.0898. The Bertz CT molecular complexity index is 478. The lowest BCUT2D eigenvalue weighted by atomic mass is 10.1. The molecular formula is C14H19N3O2. The maximum absolute atomic E-state index is 12.7. The topological polar surface area (TPSA) is 54.5 Å². The molecule has 1 aromatic heterocycles. The van der Waals surface area contributed by atoms with Gasteiger partial charge in [-0.25, -0.2) is 0 Å². The number of carbonyl (C=O) groups is 1. The molecule has 0 radical (unpaired) electrons. The van der Waals surface area contributed by atoms with E-state index in [1.165, 1.54) is 0 Å². The van der Waals surface area contributed by atoms with Crippen LogP contribution >= 0.6 is 0 Å². The Labute approximate surface area is 113 Å². The number of hydrogen-bond donors (Lipinski definition) is 1. The molecule has 1 N–H and O–H groups in total. The molecule has 0 spiro atoms. The van der Waals surface area contributed by atoms with Gasteiger partial charge in [0.15, 0.2) is 0 Å². The summed E-state index contributed by atoms with van der Waals surface area (Å²) in [4.78, 5) is 18.8. The Hall–Kier alpha value is -1.62. The molecule has 2 aliphatic rings. The molecule has 2 atom stereocenters. The van der Waals surface area contributed by atoms with Gasteiger partial charge in [0.25, 0.3) is 5.91 Å². The summed E-state index contributed by atoms with van der Waals surface area (Å²) in [7, 11) is 1.81. The van der Waals surface area contributed by atoms with Crippen LogP contribution in [0.2, 0.25) is 0 Å². The number of pyridine rings is 1. The van der Waals surface area contributed by atoms with E-state index in [9.17, 15) is 4.79 Å². The molecule has 0 aromatic carbocycles. The van der Waals surface area contributed by atoms with E-state index in [2.05, 4.69) is 10.3 Å². The van der Waals surface area contributed by atoms with Crippen LogP contribution in [0.25, 0.3) is 0 Å². The maximum atomic E-state index is 12.7. The highest BCUT2D eigenvalue weighted by Gasteiger charge is 2.38. The third kappa shape index (κ3) is 2.18. The van der Waals surface area contributed by atoms with Gasteiger partial charge in [0.2, 0.25) is 0 Å². The van der Waals surface area contributed by atoms with Crippen LogP contribution in [0.1, 0.15) is 29.6 Å². The van der Waals surface area contributed by atoms with Crippen molar-refractivity contribution in [3.63, 3.8) is 0 Å². The zero-order valence-electron chi connectivity index (χ0n) is 11.1. The summed E-state index contributed by atoms with van der Waals surface area (Å²) in [5.41, 5.74) is 1.48. The Morgan fingerprint density at radius 3 is 3.26 bits per heavy atom. The van der Waals surface area contributed by atoms with Gasteiger partial charge in [0.1, 0.15) is 0 Å². The molecule has 1 saturated carbocycles. The second-order valence-electron chi connectivity index (χ2n) is 5.08. The third-order valence-corrected chi connectivity index (χ3v) is 4.06. The second kappa shape index (κ2) is 5.17. The Morgan fingerprint density at radius 2 is 2.42 bits per heavy atom. The van der Waals surface area contributed by atoms with Crippen LogP contribution in [-0.2, 0) is 4.74 Å². The lowest BCUT2D eigenvalue weighted by molar-refractivity contribution is -0.0445. The van der Waals surface area contributed by atoms with Crippen LogP contribution in [0.5, 0.6) is 0 Å². The van der Waals surface area contributed by atoms with E-state index in [1.807, 2.05) is 11.9 Å². The summed E-state index contributed by atoms with van der Waals surface area (Å²) in [6, 6.07) is 2.03. The molecular weight excluding hydrogens is 242 g/mol. The Balaban J connectivity index is 1.86. The second-order valence-corrected chi connectivity index (χ2v) is 5.08. The Morgan fingerprint density at radius 1 is 1.53 bits per heavy atom. The fourth-order valence-corrected chi connectivity index (χ4v) is 3.11. The SMILES string of the molecule is CNc1cnccc1C(=O)N1CCOC2CCCC21. The lowest BCUT2D eigenvalue weighted by Crippen LogP contribution is -2.51. The fraction of sp³-hybridized carbons (Fsp3) is 0.571. The molecule has 1 amide bonds. The molecule has 1 aromatic rings. The number of fused-ring (bicyclic) bond motifs is 1. The van der Waals surface area contributed by atoms with Crippen LogP contribution in [0.15, 0.2) is 18.5 Å². The number of ether oxygens (including phenoxy) is 1. The van der Waals surface area contributed by atoms with Crippen molar-refractivity contribution in [2.75, 3.05) is 25.5 Å². The third-order valence-electron chi connectivity index (χ3n) is 4.06. The molecule has 2 heterocycles. The summed E-state index contributed by atoms with van der Waals surface area (Å²) >= 11 is 0. The van der Waals surface area contributed by atoms with Crippen LogP contribution in [0.4, 0.5) is 5.69 Å². The van der Waals surface area contributed by atoms with Crippen molar-refractivity contribution in [2.45, 2.75) is 31.4 Å². The number of amides is 1. The van der Waals surface area contributed by atoms with Gasteiger partial charge in [-0.2, -0.15) is 0 Å². The van der Waals surface area contributed by atoms with Crippen LogP contribution in [0, 0.1) is 0 Å². The van der Waals surface area contributed by atoms with Crippen LogP contribution < -0.4 is 5.32 Å². The lowest BCUT2D eigenvalue weighted by Gasteiger charge is -2.38. The number of nitrogens with one attached hydrogen (secondary N) is 1. The van der Waals surface area contributed by atoms with Gasteiger partial charge in [0, 0.05) is 19.8 Å². The minimum absolute atomic E-state index is 0.0898. The zero-order chi connectivity index (χ0) is 13.2. The standard InChI is InChI=1S/C14H19N3O2/c1-15-11-9-16-6-5-10(11)14(18)17-7-8-19-13-4-2-3-12(13)17/h5-6,9,12-13,15H,2-4,7-8H2,1H3. The number of hydrogen-bond acceptors (Lipinski definition) is 4. The van der Waals surface area contributed by atoms with Gasteiger partial charge < -0.3 is 15.0 Å². The molecule has 2 fully saturated rings.